The highest BCUT2D eigenvalue weighted by Gasteiger charge is 2.40. The van der Waals surface area contributed by atoms with Gasteiger partial charge in [-0.15, -0.1) is 0 Å². The van der Waals surface area contributed by atoms with E-state index in [-0.39, 0.29) is 17.5 Å². The van der Waals surface area contributed by atoms with Gasteiger partial charge < -0.3 is 10.2 Å². The number of carbonyl (C=O) groups is 2. The predicted molar refractivity (Wildman–Crippen MR) is 124 cm³/mol. The molecule has 0 spiro atoms. The topological polar surface area (TPSA) is 75.2 Å². The van der Waals surface area contributed by atoms with Crippen LogP contribution in [0, 0.1) is 5.82 Å². The first-order valence-electron chi connectivity index (χ1n) is 10.7. The van der Waals surface area contributed by atoms with Gasteiger partial charge in [-0.1, -0.05) is 29.8 Å². The fourth-order valence-electron chi connectivity index (χ4n) is 4.04. The Kier molecular flexibility index (Phi) is 6.42. The number of hydrogen-bond donors (Lipinski definition) is 1. The maximum Gasteiger partial charge on any atom is 0.252 e. The van der Waals surface area contributed by atoms with Crippen LogP contribution in [0.5, 0.6) is 0 Å². The van der Waals surface area contributed by atoms with Crippen molar-refractivity contribution in [2.75, 3.05) is 6.54 Å². The number of nitrogens with one attached hydrogen (secondary N) is 1. The average Bonchev–Trinajstić information content (AvgIpc) is 3.28. The maximum absolute atomic E-state index is 13.5. The molecule has 0 bridgehead atoms. The number of nitrogens with zero attached hydrogens (tertiary/aromatic N) is 3. The summed E-state index contributed by atoms with van der Waals surface area (Å²) in [4.78, 5) is 36.9. The van der Waals surface area contributed by atoms with Crippen molar-refractivity contribution in [1.29, 1.82) is 0 Å². The molecule has 1 aliphatic rings. The van der Waals surface area contributed by atoms with Crippen molar-refractivity contribution in [3.63, 3.8) is 0 Å². The first kappa shape index (κ1) is 22.9. The second-order valence-corrected chi connectivity index (χ2v) is 9.00. The van der Waals surface area contributed by atoms with Crippen LogP contribution in [0.25, 0.3) is 11.4 Å². The second-order valence-electron chi connectivity index (χ2n) is 8.56. The molecule has 33 heavy (non-hydrogen) atoms. The number of rotatable bonds is 5. The van der Waals surface area contributed by atoms with Crippen LogP contribution < -0.4 is 5.32 Å². The fourth-order valence-corrected chi connectivity index (χ4v) is 4.23. The van der Waals surface area contributed by atoms with Crippen molar-refractivity contribution in [2.45, 2.75) is 38.3 Å². The van der Waals surface area contributed by atoms with Crippen LogP contribution in [0.4, 0.5) is 4.39 Å². The van der Waals surface area contributed by atoms with Gasteiger partial charge in [0.25, 0.3) is 5.91 Å². The Morgan fingerprint density at radius 1 is 1.15 bits per heavy atom. The third kappa shape index (κ3) is 5.03. The normalized spacial score (nSPS) is 16.0. The molecule has 1 N–H and O–H groups in total. The smallest absolute Gasteiger partial charge is 0.252 e. The van der Waals surface area contributed by atoms with Crippen molar-refractivity contribution in [1.82, 2.24) is 20.2 Å². The Morgan fingerprint density at radius 2 is 1.94 bits per heavy atom. The highest BCUT2D eigenvalue weighted by atomic mass is 35.5. The van der Waals surface area contributed by atoms with Gasteiger partial charge in [-0.05, 0) is 63.1 Å². The minimum absolute atomic E-state index is 0.163. The molecule has 1 aliphatic heterocycles. The number of likely N-dealkylation sites (tertiary alicyclic amines) is 1. The third-order valence-electron chi connectivity index (χ3n) is 5.66. The van der Waals surface area contributed by atoms with Gasteiger partial charge in [0, 0.05) is 28.9 Å². The number of hydrogen-bond acceptors (Lipinski definition) is 4. The van der Waals surface area contributed by atoms with Gasteiger partial charge in [-0.25, -0.2) is 14.4 Å². The number of halogens is 2. The van der Waals surface area contributed by atoms with Crippen LogP contribution in [-0.4, -0.2) is 38.8 Å². The Balaban J connectivity index is 1.54. The zero-order valence-electron chi connectivity index (χ0n) is 18.4. The SMILES string of the molecule is CC(C)(NC(=O)c1cccc(F)c1)C(=O)N1CCC[C@H]1c1ccnc(-c2cccc(Cl)c2)n1. The van der Waals surface area contributed by atoms with Crippen LogP contribution in [0.3, 0.4) is 0 Å². The van der Waals surface area contributed by atoms with Gasteiger partial charge >= 0.3 is 0 Å². The lowest BCUT2D eigenvalue weighted by Crippen LogP contribution is -2.55. The van der Waals surface area contributed by atoms with Gasteiger partial charge in [0.05, 0.1) is 11.7 Å². The summed E-state index contributed by atoms with van der Waals surface area (Å²) in [7, 11) is 0. The maximum atomic E-state index is 13.5. The fraction of sp³-hybridized carbons (Fsp3) is 0.280. The van der Waals surface area contributed by atoms with E-state index in [9.17, 15) is 14.0 Å². The van der Waals surface area contributed by atoms with E-state index < -0.39 is 17.3 Å². The second kappa shape index (κ2) is 9.27. The molecule has 1 atom stereocenters. The monoisotopic (exact) mass is 466 g/mol. The highest BCUT2D eigenvalue weighted by molar-refractivity contribution is 6.30. The van der Waals surface area contributed by atoms with Crippen LogP contribution in [-0.2, 0) is 4.79 Å². The molecular weight excluding hydrogens is 443 g/mol. The summed E-state index contributed by atoms with van der Waals surface area (Å²) in [6.45, 7) is 3.86. The van der Waals surface area contributed by atoms with E-state index >= 15 is 0 Å². The summed E-state index contributed by atoms with van der Waals surface area (Å²) >= 11 is 6.11. The van der Waals surface area contributed by atoms with Crippen LogP contribution in [0.1, 0.15) is 48.8 Å². The van der Waals surface area contributed by atoms with E-state index in [0.29, 0.717) is 17.4 Å². The number of benzene rings is 2. The molecular formula is C25H24ClFN4O2. The van der Waals surface area contributed by atoms with Crippen molar-refractivity contribution < 1.29 is 14.0 Å². The molecule has 1 aromatic heterocycles. The standard InChI is InChI=1S/C25H24ClFN4O2/c1-25(2,30-23(32)17-7-4-9-19(27)15-17)24(33)31-13-5-10-21(31)20-11-12-28-22(29-20)16-6-3-8-18(26)14-16/h3-4,6-9,11-12,14-15,21H,5,10,13H2,1-2H3,(H,30,32)/t21-/m0/s1. The van der Waals surface area contributed by atoms with Crippen LogP contribution >= 0.6 is 11.6 Å². The van der Waals surface area contributed by atoms with E-state index in [0.717, 1.165) is 30.2 Å². The largest absolute Gasteiger partial charge is 0.338 e. The Bertz CT molecular complexity index is 1200. The van der Waals surface area contributed by atoms with Crippen molar-refractivity contribution in [3.8, 4) is 11.4 Å². The Labute approximate surface area is 196 Å². The lowest BCUT2D eigenvalue weighted by Gasteiger charge is -2.33. The Morgan fingerprint density at radius 3 is 2.70 bits per heavy atom. The number of amides is 2. The summed E-state index contributed by atoms with van der Waals surface area (Å²) in [5.74, 6) is -0.704. The zero-order valence-corrected chi connectivity index (χ0v) is 19.1. The summed E-state index contributed by atoms with van der Waals surface area (Å²) in [6.07, 6.45) is 3.25. The quantitative estimate of drug-likeness (QED) is 0.585. The molecule has 0 aliphatic carbocycles. The molecule has 0 saturated carbocycles. The molecule has 2 aromatic carbocycles. The van der Waals surface area contributed by atoms with E-state index in [1.54, 1.807) is 37.1 Å². The molecule has 1 fully saturated rings. The number of carbonyl (C=O) groups excluding carboxylic acids is 2. The predicted octanol–water partition coefficient (Wildman–Crippen LogP) is 4.81. The lowest BCUT2D eigenvalue weighted by molar-refractivity contribution is -0.137. The average molecular weight is 467 g/mol. The van der Waals surface area contributed by atoms with Gasteiger partial charge in [-0.2, -0.15) is 0 Å². The van der Waals surface area contributed by atoms with Crippen molar-refractivity contribution >= 4 is 23.4 Å². The van der Waals surface area contributed by atoms with Crippen molar-refractivity contribution in [2.24, 2.45) is 0 Å². The molecule has 1 saturated heterocycles. The van der Waals surface area contributed by atoms with Crippen LogP contribution in [0.2, 0.25) is 5.02 Å². The summed E-state index contributed by atoms with van der Waals surface area (Å²) < 4.78 is 13.5. The first-order valence-corrected chi connectivity index (χ1v) is 11.1. The zero-order chi connectivity index (χ0) is 23.6. The third-order valence-corrected chi connectivity index (χ3v) is 5.90. The van der Waals surface area contributed by atoms with E-state index in [4.69, 9.17) is 16.6 Å². The Hall–Kier alpha value is -3.32. The molecule has 8 heteroatoms. The van der Waals surface area contributed by atoms with E-state index in [1.807, 2.05) is 18.2 Å². The summed E-state index contributed by atoms with van der Waals surface area (Å²) in [6, 6.07) is 14.3. The molecule has 6 nitrogen and oxygen atoms in total. The highest BCUT2D eigenvalue weighted by Crippen LogP contribution is 2.33. The molecule has 4 rings (SSSR count). The van der Waals surface area contributed by atoms with Crippen LogP contribution in [0.15, 0.2) is 60.8 Å². The molecule has 170 valence electrons. The molecule has 0 radical (unpaired) electrons. The lowest BCUT2D eigenvalue weighted by atomic mass is 10.0. The van der Waals surface area contributed by atoms with Gasteiger partial charge in [0.1, 0.15) is 11.4 Å². The van der Waals surface area contributed by atoms with Gasteiger partial charge in [0.15, 0.2) is 5.82 Å². The first-order chi connectivity index (χ1) is 15.7. The van der Waals surface area contributed by atoms with Crippen molar-refractivity contribution in [3.05, 3.63) is 82.9 Å². The molecule has 3 aromatic rings. The summed E-state index contributed by atoms with van der Waals surface area (Å²) in [5.41, 5.74) is 0.506. The summed E-state index contributed by atoms with van der Waals surface area (Å²) in [5, 5.41) is 3.34. The van der Waals surface area contributed by atoms with E-state index in [2.05, 4.69) is 10.3 Å². The molecule has 0 unspecified atom stereocenters. The minimum atomic E-state index is -1.19. The molecule has 2 amide bonds. The van der Waals surface area contributed by atoms with Gasteiger partial charge in [-0.3, -0.25) is 9.59 Å². The minimum Gasteiger partial charge on any atom is -0.338 e. The van der Waals surface area contributed by atoms with Gasteiger partial charge in [0.2, 0.25) is 5.91 Å². The molecule has 2 heterocycles. The number of aromatic nitrogens is 2. The van der Waals surface area contributed by atoms with E-state index in [1.165, 1.54) is 18.2 Å².